The molecule has 17 heteroatoms. The van der Waals surface area contributed by atoms with Crippen molar-refractivity contribution in [3.8, 4) is 28.0 Å². The van der Waals surface area contributed by atoms with E-state index in [0.29, 0.717) is 24.4 Å². The molecule has 0 radical (unpaired) electrons. The van der Waals surface area contributed by atoms with E-state index in [1.807, 2.05) is 72.3 Å². The number of benzene rings is 1. The number of aromatic nitrogens is 4. The van der Waals surface area contributed by atoms with Gasteiger partial charge in [0.2, 0.25) is 11.8 Å². The van der Waals surface area contributed by atoms with Gasteiger partial charge < -0.3 is 14.4 Å². The summed E-state index contributed by atoms with van der Waals surface area (Å²) in [6.45, 7) is 9.41. The number of imidazole rings is 1. The first-order valence-corrected chi connectivity index (χ1v) is 23.7. The first-order chi connectivity index (χ1) is 29.4. The molecule has 15 nitrogen and oxygen atoms in total. The molecule has 2 aliphatic heterocycles. The highest BCUT2D eigenvalue weighted by molar-refractivity contribution is 7.87. The molecule has 0 unspecified atom stereocenters. The molecular weight excluding hydrogens is 831 g/mol. The minimum absolute atomic E-state index is 0.0334. The standard InChI is InChI=1S/C45H57N7O8S2/c1-28(2)52-35-20-15-18-32(40-47-34(27-61-40)33-19-13-14-21-46-33)39(35)48-43(52)59-31-23-36-37(53)25-45(42(56)49-62(57,58)50(6)7)24-30(45)17-12-10-8-9-11-16-29(41(55)51(36)26-31)22-38(54)60-44(3,4)5/h12-15,17-21,27-31,36H,8-11,16,22-26H2,1-7H3,(H,49,56)/b17-12-/t29-,30+,31-,36+,45-/m1/s1. The molecule has 0 bridgehead atoms. The van der Waals surface area contributed by atoms with Gasteiger partial charge in [0.05, 0.1) is 35.6 Å². The molecule has 2 fully saturated rings. The molecule has 3 aliphatic rings. The molecule has 1 aromatic carbocycles. The van der Waals surface area contributed by atoms with E-state index in [4.69, 9.17) is 19.4 Å². The first kappa shape index (κ1) is 45.0. The topological polar surface area (TPSA) is 183 Å². The highest BCUT2D eigenvalue weighted by Gasteiger charge is 2.61. The van der Waals surface area contributed by atoms with Crippen molar-refractivity contribution in [3.63, 3.8) is 0 Å². The molecule has 1 saturated carbocycles. The summed E-state index contributed by atoms with van der Waals surface area (Å²) in [5.41, 5.74) is 1.78. The van der Waals surface area contributed by atoms with Crippen LogP contribution in [0.1, 0.15) is 98.4 Å². The van der Waals surface area contributed by atoms with Crippen molar-refractivity contribution >= 4 is 56.1 Å². The predicted molar refractivity (Wildman–Crippen MR) is 236 cm³/mol. The van der Waals surface area contributed by atoms with Crippen LogP contribution in [0.4, 0.5) is 0 Å². The Balaban J connectivity index is 1.23. The van der Waals surface area contributed by atoms with Crippen LogP contribution in [0.5, 0.6) is 6.01 Å². The van der Waals surface area contributed by atoms with Gasteiger partial charge in [0, 0.05) is 56.0 Å². The van der Waals surface area contributed by atoms with E-state index in [9.17, 15) is 27.6 Å². The number of rotatable bonds is 10. The molecule has 0 spiro atoms. The van der Waals surface area contributed by atoms with Crippen molar-refractivity contribution < 1.29 is 37.1 Å². The maximum absolute atomic E-state index is 14.8. The lowest BCUT2D eigenvalue weighted by Crippen LogP contribution is -2.47. The number of thiazole rings is 1. The van der Waals surface area contributed by atoms with Gasteiger partial charge in [-0.15, -0.1) is 11.3 Å². The summed E-state index contributed by atoms with van der Waals surface area (Å²) in [4.78, 5) is 72.6. The average Bonchev–Trinajstić information content (AvgIpc) is 3.56. The summed E-state index contributed by atoms with van der Waals surface area (Å²) in [7, 11) is -1.50. The predicted octanol–water partition coefficient (Wildman–Crippen LogP) is 6.91. The Kier molecular flexibility index (Phi) is 13.1. The van der Waals surface area contributed by atoms with Crippen molar-refractivity contribution in [2.45, 2.75) is 116 Å². The molecule has 1 saturated heterocycles. The molecule has 1 aliphatic carbocycles. The van der Waals surface area contributed by atoms with Gasteiger partial charge in [-0.25, -0.2) is 9.71 Å². The number of ketones is 1. The smallest absolute Gasteiger partial charge is 0.307 e. The number of esters is 1. The Bertz CT molecular complexity index is 2460. The Hall–Kier alpha value is -5.00. The SMILES string of the molecule is CC(C)n1c(O[C@@H]2C[C@H]3C(=O)C[C@]4(C(=O)NS(=O)(=O)N(C)C)C[C@@H]4/C=C\CCCCC[C@H](CC(=O)OC(C)(C)C)C(=O)N3C2)nc2c(-c3nc(-c4ccccn4)cs3)cccc21. The molecule has 2 amide bonds. The maximum Gasteiger partial charge on any atom is 0.307 e. The summed E-state index contributed by atoms with van der Waals surface area (Å²) in [6.07, 6.45) is 8.34. The van der Waals surface area contributed by atoms with E-state index < -0.39 is 51.2 Å². The number of allylic oxidation sites excluding steroid dienone is 2. The van der Waals surface area contributed by atoms with E-state index in [2.05, 4.69) is 9.71 Å². The van der Waals surface area contributed by atoms with Crippen LogP contribution in [0, 0.1) is 17.3 Å². The summed E-state index contributed by atoms with van der Waals surface area (Å²) in [5, 5.41) is 2.73. The zero-order chi connectivity index (χ0) is 44.6. The zero-order valence-electron chi connectivity index (χ0n) is 36.5. The largest absolute Gasteiger partial charge is 0.460 e. The fourth-order valence-corrected chi connectivity index (χ4v) is 10.0. The number of fused-ring (bicyclic) bond motifs is 3. The van der Waals surface area contributed by atoms with Crippen LogP contribution in [-0.4, -0.2) is 99.1 Å². The molecule has 7 rings (SSSR count). The summed E-state index contributed by atoms with van der Waals surface area (Å²) in [5.74, 6) is -3.10. The van der Waals surface area contributed by atoms with Gasteiger partial charge in [-0.05, 0) is 90.5 Å². The van der Waals surface area contributed by atoms with Crippen LogP contribution < -0.4 is 9.46 Å². The van der Waals surface area contributed by atoms with Crippen molar-refractivity contribution in [1.29, 1.82) is 0 Å². The van der Waals surface area contributed by atoms with Crippen molar-refractivity contribution in [1.82, 2.24) is 33.4 Å². The Morgan fingerprint density at radius 3 is 2.55 bits per heavy atom. The highest BCUT2D eigenvalue weighted by atomic mass is 32.2. The fraction of sp³-hybridized carbons (Fsp3) is 0.533. The number of carbonyl (C=O) groups excluding carboxylic acids is 4. The number of amides is 2. The summed E-state index contributed by atoms with van der Waals surface area (Å²) in [6, 6.07) is 10.8. The van der Waals surface area contributed by atoms with Crippen molar-refractivity contribution in [2.75, 3.05) is 20.6 Å². The number of ether oxygens (including phenoxy) is 2. The van der Waals surface area contributed by atoms with E-state index in [-0.39, 0.29) is 55.9 Å². The average molecular weight is 888 g/mol. The van der Waals surface area contributed by atoms with E-state index in [1.54, 1.807) is 27.0 Å². The van der Waals surface area contributed by atoms with Crippen molar-refractivity contribution in [2.24, 2.45) is 17.3 Å². The van der Waals surface area contributed by atoms with Gasteiger partial charge in [0.25, 0.3) is 6.01 Å². The molecular formula is C45H57N7O8S2. The van der Waals surface area contributed by atoms with Gasteiger partial charge in [0.15, 0.2) is 5.78 Å². The first-order valence-electron chi connectivity index (χ1n) is 21.4. The number of para-hydroxylation sites is 1. The lowest BCUT2D eigenvalue weighted by atomic mass is 9.90. The van der Waals surface area contributed by atoms with Crippen LogP contribution in [-0.2, 0) is 34.1 Å². The van der Waals surface area contributed by atoms with Crippen LogP contribution in [0.25, 0.3) is 33.0 Å². The van der Waals surface area contributed by atoms with Crippen LogP contribution in [0.3, 0.4) is 0 Å². The lowest BCUT2D eigenvalue weighted by Gasteiger charge is -2.29. The Labute approximate surface area is 367 Å². The number of hydrogen-bond acceptors (Lipinski definition) is 12. The Morgan fingerprint density at radius 2 is 1.84 bits per heavy atom. The number of nitrogens with one attached hydrogen (secondary N) is 1. The van der Waals surface area contributed by atoms with Gasteiger partial charge in [-0.2, -0.15) is 17.7 Å². The van der Waals surface area contributed by atoms with E-state index >= 15 is 0 Å². The molecule has 3 aromatic heterocycles. The number of hydrogen-bond donors (Lipinski definition) is 1. The highest BCUT2D eigenvalue weighted by Crippen LogP contribution is 2.57. The normalized spacial score (nSPS) is 24.3. The molecule has 5 heterocycles. The summed E-state index contributed by atoms with van der Waals surface area (Å²) < 4.78 is 43.2. The number of nitrogens with zero attached hydrogens (tertiary/aromatic N) is 6. The Morgan fingerprint density at radius 1 is 1.05 bits per heavy atom. The number of carbonyl (C=O) groups is 4. The van der Waals surface area contributed by atoms with Gasteiger partial charge in [-0.3, -0.25) is 28.7 Å². The minimum atomic E-state index is -4.14. The third-order valence-electron chi connectivity index (χ3n) is 11.8. The fourth-order valence-electron chi connectivity index (χ4n) is 8.55. The number of pyridine rings is 1. The second kappa shape index (κ2) is 18.0. The molecule has 5 atom stereocenters. The summed E-state index contributed by atoms with van der Waals surface area (Å²) >= 11 is 1.49. The maximum atomic E-state index is 14.8. The lowest BCUT2D eigenvalue weighted by molar-refractivity contribution is -0.159. The minimum Gasteiger partial charge on any atom is -0.460 e. The van der Waals surface area contributed by atoms with Crippen LogP contribution in [0.2, 0.25) is 0 Å². The number of Topliss-reactive ketones (excluding diaryl/α,β-unsaturated/α-hetero) is 1. The van der Waals surface area contributed by atoms with Gasteiger partial charge in [0.1, 0.15) is 27.9 Å². The zero-order valence-corrected chi connectivity index (χ0v) is 38.1. The van der Waals surface area contributed by atoms with E-state index in [1.165, 1.54) is 30.3 Å². The van der Waals surface area contributed by atoms with Crippen LogP contribution in [0.15, 0.2) is 60.1 Å². The second-order valence-electron chi connectivity index (χ2n) is 18.1. The molecule has 4 aromatic rings. The van der Waals surface area contributed by atoms with Gasteiger partial charge >= 0.3 is 16.2 Å². The van der Waals surface area contributed by atoms with Crippen molar-refractivity contribution in [3.05, 3.63) is 60.1 Å². The van der Waals surface area contributed by atoms with Crippen LogP contribution >= 0.6 is 11.3 Å². The molecule has 332 valence electrons. The third-order valence-corrected chi connectivity index (χ3v) is 14.1. The van der Waals surface area contributed by atoms with Gasteiger partial charge in [-0.1, -0.05) is 37.1 Å². The monoisotopic (exact) mass is 887 g/mol. The van der Waals surface area contributed by atoms with E-state index in [0.717, 1.165) is 51.0 Å². The second-order valence-corrected chi connectivity index (χ2v) is 20.9. The molecule has 1 N–H and O–H groups in total. The molecule has 62 heavy (non-hydrogen) atoms. The quantitative estimate of drug-likeness (QED) is 0.129. The third kappa shape index (κ3) is 9.79.